The SMILES string of the molecule is CCNCCCC(O)c1cccc(Cl)c1. The second-order valence-corrected chi connectivity index (χ2v) is 4.00. The fourth-order valence-corrected chi connectivity index (χ4v) is 1.68. The van der Waals surface area contributed by atoms with Gasteiger partial charge in [0.1, 0.15) is 0 Å². The summed E-state index contributed by atoms with van der Waals surface area (Å²) in [7, 11) is 0. The van der Waals surface area contributed by atoms with E-state index >= 15 is 0 Å². The third kappa shape index (κ3) is 4.65. The lowest BCUT2D eigenvalue weighted by Crippen LogP contribution is -2.14. The van der Waals surface area contributed by atoms with Crippen LogP contribution in [0.4, 0.5) is 0 Å². The Hall–Kier alpha value is -0.570. The van der Waals surface area contributed by atoms with Crippen molar-refractivity contribution >= 4 is 11.6 Å². The highest BCUT2D eigenvalue weighted by Gasteiger charge is 2.06. The van der Waals surface area contributed by atoms with Crippen molar-refractivity contribution in [1.82, 2.24) is 5.32 Å². The van der Waals surface area contributed by atoms with Gasteiger partial charge in [0.2, 0.25) is 0 Å². The molecule has 2 nitrogen and oxygen atoms in total. The van der Waals surface area contributed by atoms with Crippen molar-refractivity contribution in [3.05, 3.63) is 34.9 Å². The van der Waals surface area contributed by atoms with Crippen LogP contribution in [-0.4, -0.2) is 18.2 Å². The lowest BCUT2D eigenvalue weighted by molar-refractivity contribution is 0.164. The first-order chi connectivity index (χ1) is 7.24. The molecule has 15 heavy (non-hydrogen) atoms. The van der Waals surface area contributed by atoms with Gasteiger partial charge in [0.15, 0.2) is 0 Å². The van der Waals surface area contributed by atoms with E-state index in [0.29, 0.717) is 5.02 Å². The molecule has 0 heterocycles. The minimum Gasteiger partial charge on any atom is -0.388 e. The van der Waals surface area contributed by atoms with Crippen molar-refractivity contribution in [1.29, 1.82) is 0 Å². The number of aliphatic hydroxyl groups is 1. The Morgan fingerprint density at radius 3 is 2.93 bits per heavy atom. The van der Waals surface area contributed by atoms with Gasteiger partial charge in [-0.25, -0.2) is 0 Å². The van der Waals surface area contributed by atoms with Gasteiger partial charge >= 0.3 is 0 Å². The predicted molar refractivity (Wildman–Crippen MR) is 64.2 cm³/mol. The molecule has 0 aromatic heterocycles. The van der Waals surface area contributed by atoms with Crippen LogP contribution in [0.1, 0.15) is 31.4 Å². The number of rotatable bonds is 6. The van der Waals surface area contributed by atoms with Crippen molar-refractivity contribution in [2.45, 2.75) is 25.9 Å². The average molecular weight is 228 g/mol. The van der Waals surface area contributed by atoms with Crippen LogP contribution in [0.5, 0.6) is 0 Å². The Bertz CT molecular complexity index is 291. The summed E-state index contributed by atoms with van der Waals surface area (Å²) in [5.41, 5.74) is 0.902. The molecule has 0 aliphatic carbocycles. The van der Waals surface area contributed by atoms with Crippen LogP contribution in [0, 0.1) is 0 Å². The summed E-state index contributed by atoms with van der Waals surface area (Å²) in [6.07, 6.45) is 1.34. The minimum absolute atomic E-state index is 0.401. The van der Waals surface area contributed by atoms with Crippen LogP contribution >= 0.6 is 11.6 Å². The first-order valence-corrected chi connectivity index (χ1v) is 5.76. The molecule has 0 amide bonds. The monoisotopic (exact) mass is 227 g/mol. The summed E-state index contributed by atoms with van der Waals surface area (Å²) in [6, 6.07) is 7.41. The molecule has 1 aromatic rings. The van der Waals surface area contributed by atoms with Gasteiger partial charge in [0.25, 0.3) is 0 Å². The zero-order chi connectivity index (χ0) is 11.1. The Labute approximate surface area is 96.3 Å². The molecule has 1 rings (SSSR count). The molecule has 0 bridgehead atoms. The summed E-state index contributed by atoms with van der Waals surface area (Å²) in [5, 5.41) is 13.8. The number of benzene rings is 1. The van der Waals surface area contributed by atoms with E-state index < -0.39 is 6.10 Å². The van der Waals surface area contributed by atoms with E-state index in [2.05, 4.69) is 12.2 Å². The summed E-state index contributed by atoms with van der Waals surface area (Å²) in [6.45, 7) is 4.01. The minimum atomic E-state index is -0.401. The Morgan fingerprint density at radius 2 is 2.27 bits per heavy atom. The topological polar surface area (TPSA) is 32.3 Å². The van der Waals surface area contributed by atoms with E-state index in [1.54, 1.807) is 0 Å². The molecule has 0 aliphatic rings. The molecule has 0 fully saturated rings. The lowest BCUT2D eigenvalue weighted by atomic mass is 10.1. The van der Waals surface area contributed by atoms with Gasteiger partial charge in [-0.2, -0.15) is 0 Å². The molecule has 0 saturated heterocycles. The number of halogens is 1. The van der Waals surface area contributed by atoms with Crippen molar-refractivity contribution in [3.8, 4) is 0 Å². The molecule has 1 aromatic carbocycles. The second-order valence-electron chi connectivity index (χ2n) is 3.57. The van der Waals surface area contributed by atoms with Gasteiger partial charge in [-0.05, 0) is 43.6 Å². The first-order valence-electron chi connectivity index (χ1n) is 5.38. The Morgan fingerprint density at radius 1 is 1.47 bits per heavy atom. The molecule has 0 spiro atoms. The van der Waals surface area contributed by atoms with Gasteiger partial charge < -0.3 is 10.4 Å². The van der Waals surface area contributed by atoms with Crippen molar-refractivity contribution in [2.24, 2.45) is 0 Å². The number of nitrogens with one attached hydrogen (secondary N) is 1. The van der Waals surface area contributed by atoms with Gasteiger partial charge in [0.05, 0.1) is 6.10 Å². The molecular weight excluding hydrogens is 210 g/mol. The van der Waals surface area contributed by atoms with Crippen LogP contribution in [0.3, 0.4) is 0 Å². The quantitative estimate of drug-likeness (QED) is 0.733. The van der Waals surface area contributed by atoms with E-state index in [4.69, 9.17) is 11.6 Å². The van der Waals surface area contributed by atoms with Crippen LogP contribution in [0.15, 0.2) is 24.3 Å². The maximum Gasteiger partial charge on any atom is 0.0791 e. The maximum atomic E-state index is 9.86. The van der Waals surface area contributed by atoms with Crippen LogP contribution in [0.25, 0.3) is 0 Å². The van der Waals surface area contributed by atoms with Gasteiger partial charge in [0, 0.05) is 5.02 Å². The first kappa shape index (κ1) is 12.5. The molecule has 2 N–H and O–H groups in total. The molecule has 0 radical (unpaired) electrons. The third-order valence-electron chi connectivity index (χ3n) is 2.31. The lowest BCUT2D eigenvalue weighted by Gasteiger charge is -2.11. The van der Waals surface area contributed by atoms with E-state index in [-0.39, 0.29) is 0 Å². The summed E-state index contributed by atoms with van der Waals surface area (Å²) >= 11 is 5.85. The standard InChI is InChI=1S/C12H18ClNO/c1-2-14-8-4-7-12(15)10-5-3-6-11(13)9-10/h3,5-6,9,12,14-15H,2,4,7-8H2,1H3. The van der Waals surface area contributed by atoms with E-state index in [1.165, 1.54) is 0 Å². The van der Waals surface area contributed by atoms with Gasteiger partial charge in [-0.3, -0.25) is 0 Å². The van der Waals surface area contributed by atoms with Crippen LogP contribution < -0.4 is 5.32 Å². The Balaban J connectivity index is 2.36. The maximum absolute atomic E-state index is 9.86. The molecular formula is C12H18ClNO. The number of hydrogen-bond donors (Lipinski definition) is 2. The number of hydrogen-bond acceptors (Lipinski definition) is 2. The largest absolute Gasteiger partial charge is 0.388 e. The number of aliphatic hydroxyl groups excluding tert-OH is 1. The fraction of sp³-hybridized carbons (Fsp3) is 0.500. The summed E-state index contributed by atoms with van der Waals surface area (Å²) in [5.74, 6) is 0. The molecule has 0 saturated carbocycles. The average Bonchev–Trinajstić information content (AvgIpc) is 2.24. The van der Waals surface area contributed by atoms with E-state index in [1.807, 2.05) is 24.3 Å². The van der Waals surface area contributed by atoms with E-state index in [9.17, 15) is 5.11 Å². The van der Waals surface area contributed by atoms with Crippen molar-refractivity contribution in [2.75, 3.05) is 13.1 Å². The highest BCUT2D eigenvalue weighted by molar-refractivity contribution is 6.30. The summed E-state index contributed by atoms with van der Waals surface area (Å²) in [4.78, 5) is 0. The van der Waals surface area contributed by atoms with Crippen molar-refractivity contribution < 1.29 is 5.11 Å². The van der Waals surface area contributed by atoms with Gasteiger partial charge in [-0.1, -0.05) is 30.7 Å². The fourth-order valence-electron chi connectivity index (χ4n) is 1.48. The van der Waals surface area contributed by atoms with Crippen LogP contribution in [-0.2, 0) is 0 Å². The highest BCUT2D eigenvalue weighted by atomic mass is 35.5. The molecule has 1 unspecified atom stereocenters. The second kappa shape index (κ2) is 6.83. The smallest absolute Gasteiger partial charge is 0.0791 e. The van der Waals surface area contributed by atoms with Crippen molar-refractivity contribution in [3.63, 3.8) is 0 Å². The zero-order valence-corrected chi connectivity index (χ0v) is 9.80. The summed E-state index contributed by atoms with van der Waals surface area (Å²) < 4.78 is 0. The molecule has 84 valence electrons. The molecule has 3 heteroatoms. The van der Waals surface area contributed by atoms with E-state index in [0.717, 1.165) is 31.5 Å². The van der Waals surface area contributed by atoms with Crippen LogP contribution in [0.2, 0.25) is 5.02 Å². The zero-order valence-electron chi connectivity index (χ0n) is 9.04. The predicted octanol–water partition coefficient (Wildman–Crippen LogP) is 2.76. The molecule has 0 aliphatic heterocycles. The van der Waals surface area contributed by atoms with Gasteiger partial charge in [-0.15, -0.1) is 0 Å². The molecule has 1 atom stereocenters. The third-order valence-corrected chi connectivity index (χ3v) is 2.55. The highest BCUT2D eigenvalue weighted by Crippen LogP contribution is 2.20. The Kier molecular flexibility index (Phi) is 5.69. The normalized spacial score (nSPS) is 12.7.